The van der Waals surface area contributed by atoms with Crippen molar-refractivity contribution in [3.63, 3.8) is 0 Å². The maximum Gasteiger partial charge on any atom is 0.404 e. The Kier molecular flexibility index (Phi) is 6.18. The molecule has 1 fully saturated rings. The molecule has 5 heteroatoms. The van der Waals surface area contributed by atoms with Crippen molar-refractivity contribution >= 4 is 6.09 Å². The minimum Gasteiger partial charge on any atom is -0.465 e. The third-order valence-electron chi connectivity index (χ3n) is 2.97. The van der Waals surface area contributed by atoms with Crippen molar-refractivity contribution in [1.29, 1.82) is 0 Å². The van der Waals surface area contributed by atoms with Crippen LogP contribution in [0.1, 0.15) is 32.1 Å². The standard InChI is InChI=1S/C11H21NO4/c13-6-1-7-16-8-9-2-4-10(5-3-9)12-11(14)15/h9-10,12-13H,1-8H2,(H,14,15). The van der Waals surface area contributed by atoms with Crippen molar-refractivity contribution in [3.8, 4) is 0 Å². The van der Waals surface area contributed by atoms with Crippen LogP contribution in [0.15, 0.2) is 0 Å². The SMILES string of the molecule is O=C(O)NC1CCC(COCCCO)CC1. The molecule has 94 valence electrons. The minimum absolute atomic E-state index is 0.117. The van der Waals surface area contributed by atoms with Crippen LogP contribution in [-0.4, -0.2) is 42.2 Å². The van der Waals surface area contributed by atoms with E-state index in [1.165, 1.54) is 0 Å². The average molecular weight is 231 g/mol. The number of amides is 1. The molecule has 3 N–H and O–H groups in total. The lowest BCUT2D eigenvalue weighted by atomic mass is 9.86. The van der Waals surface area contributed by atoms with Gasteiger partial charge in [-0.15, -0.1) is 0 Å². The molecule has 0 aliphatic heterocycles. The van der Waals surface area contributed by atoms with Gasteiger partial charge in [0.25, 0.3) is 0 Å². The monoisotopic (exact) mass is 231 g/mol. The van der Waals surface area contributed by atoms with Gasteiger partial charge in [-0.1, -0.05) is 0 Å². The summed E-state index contributed by atoms with van der Waals surface area (Å²) in [6, 6.07) is 0.117. The first-order chi connectivity index (χ1) is 7.72. The van der Waals surface area contributed by atoms with E-state index in [9.17, 15) is 4.79 Å². The molecule has 5 nitrogen and oxygen atoms in total. The van der Waals surface area contributed by atoms with Crippen LogP contribution in [0.5, 0.6) is 0 Å². The molecule has 1 amide bonds. The first-order valence-corrected chi connectivity index (χ1v) is 5.90. The van der Waals surface area contributed by atoms with E-state index < -0.39 is 6.09 Å². The number of hydrogen-bond acceptors (Lipinski definition) is 3. The van der Waals surface area contributed by atoms with Gasteiger partial charge in [0, 0.05) is 25.9 Å². The quantitative estimate of drug-likeness (QED) is 0.600. The maximum atomic E-state index is 10.4. The van der Waals surface area contributed by atoms with Crippen molar-refractivity contribution in [2.45, 2.75) is 38.1 Å². The van der Waals surface area contributed by atoms with Gasteiger partial charge >= 0.3 is 6.09 Å². The molecular weight excluding hydrogens is 210 g/mol. The highest BCUT2D eigenvalue weighted by Gasteiger charge is 2.22. The molecule has 1 aliphatic rings. The van der Waals surface area contributed by atoms with Crippen LogP contribution >= 0.6 is 0 Å². The number of carboxylic acid groups (broad SMARTS) is 1. The second-order valence-corrected chi connectivity index (χ2v) is 4.32. The molecule has 0 aromatic heterocycles. The lowest BCUT2D eigenvalue weighted by Crippen LogP contribution is -2.37. The molecule has 0 aromatic rings. The average Bonchev–Trinajstić information content (AvgIpc) is 2.26. The Morgan fingerprint density at radius 1 is 1.31 bits per heavy atom. The van der Waals surface area contributed by atoms with Crippen molar-refractivity contribution in [3.05, 3.63) is 0 Å². The zero-order chi connectivity index (χ0) is 11.8. The Balaban J connectivity index is 2.05. The molecule has 16 heavy (non-hydrogen) atoms. The first kappa shape index (κ1) is 13.3. The van der Waals surface area contributed by atoms with Crippen LogP contribution in [-0.2, 0) is 4.74 Å². The van der Waals surface area contributed by atoms with E-state index in [1.54, 1.807) is 0 Å². The number of nitrogens with one attached hydrogen (secondary N) is 1. The van der Waals surface area contributed by atoms with E-state index in [4.69, 9.17) is 14.9 Å². The molecule has 1 aliphatic carbocycles. The Morgan fingerprint density at radius 3 is 2.56 bits per heavy atom. The van der Waals surface area contributed by atoms with Crippen LogP contribution in [0.2, 0.25) is 0 Å². The molecule has 0 heterocycles. The Hall–Kier alpha value is -0.810. The van der Waals surface area contributed by atoms with Gasteiger partial charge in [0.1, 0.15) is 0 Å². The summed E-state index contributed by atoms with van der Waals surface area (Å²) in [4.78, 5) is 10.4. The Bertz CT molecular complexity index is 202. The molecule has 0 bridgehead atoms. The molecule has 0 spiro atoms. The first-order valence-electron chi connectivity index (χ1n) is 5.90. The van der Waals surface area contributed by atoms with Crippen LogP contribution in [0.25, 0.3) is 0 Å². The molecular formula is C11H21NO4. The molecule has 1 rings (SSSR count). The second kappa shape index (κ2) is 7.46. The van der Waals surface area contributed by atoms with E-state index in [-0.39, 0.29) is 12.6 Å². The predicted molar refractivity (Wildman–Crippen MR) is 59.4 cm³/mol. The smallest absolute Gasteiger partial charge is 0.404 e. The minimum atomic E-state index is -0.928. The summed E-state index contributed by atoms with van der Waals surface area (Å²) in [5.74, 6) is 0.547. The predicted octanol–water partition coefficient (Wildman–Crippen LogP) is 1.21. The van der Waals surface area contributed by atoms with Gasteiger partial charge in [0.15, 0.2) is 0 Å². The van der Waals surface area contributed by atoms with Crippen molar-refractivity contribution in [1.82, 2.24) is 5.32 Å². The van der Waals surface area contributed by atoms with E-state index >= 15 is 0 Å². The number of rotatable bonds is 6. The molecule has 1 saturated carbocycles. The van der Waals surface area contributed by atoms with Gasteiger partial charge in [0.2, 0.25) is 0 Å². The van der Waals surface area contributed by atoms with Gasteiger partial charge in [-0.2, -0.15) is 0 Å². The molecule has 0 aromatic carbocycles. The molecule has 0 unspecified atom stereocenters. The van der Waals surface area contributed by atoms with Crippen LogP contribution in [0, 0.1) is 5.92 Å². The largest absolute Gasteiger partial charge is 0.465 e. The van der Waals surface area contributed by atoms with Gasteiger partial charge in [-0.25, -0.2) is 4.79 Å². The lowest BCUT2D eigenvalue weighted by Gasteiger charge is -2.28. The summed E-state index contributed by atoms with van der Waals surface area (Å²) in [6.07, 6.45) is 3.60. The van der Waals surface area contributed by atoms with E-state index in [2.05, 4.69) is 5.32 Å². The van der Waals surface area contributed by atoms with Gasteiger partial charge in [0.05, 0.1) is 0 Å². The topological polar surface area (TPSA) is 78.8 Å². The fourth-order valence-corrected chi connectivity index (χ4v) is 2.06. The Labute approximate surface area is 95.8 Å². The molecule has 0 saturated heterocycles. The Morgan fingerprint density at radius 2 is 2.00 bits per heavy atom. The highest BCUT2D eigenvalue weighted by Crippen LogP contribution is 2.24. The summed E-state index contributed by atoms with van der Waals surface area (Å²) in [5.41, 5.74) is 0. The number of carbonyl (C=O) groups is 1. The summed E-state index contributed by atoms with van der Waals surface area (Å²) in [6.45, 7) is 1.53. The van der Waals surface area contributed by atoms with E-state index in [0.29, 0.717) is 18.9 Å². The summed E-state index contributed by atoms with van der Waals surface area (Å²) in [5, 5.41) is 19.7. The maximum absolute atomic E-state index is 10.4. The zero-order valence-electron chi connectivity index (χ0n) is 9.52. The van der Waals surface area contributed by atoms with Crippen molar-refractivity contribution in [2.75, 3.05) is 19.8 Å². The molecule has 0 radical (unpaired) electrons. The number of hydrogen-bond donors (Lipinski definition) is 3. The fourth-order valence-electron chi connectivity index (χ4n) is 2.06. The van der Waals surface area contributed by atoms with Gasteiger partial charge in [-0.3, -0.25) is 0 Å². The lowest BCUT2D eigenvalue weighted by molar-refractivity contribution is 0.0710. The van der Waals surface area contributed by atoms with E-state index in [1.807, 2.05) is 0 Å². The summed E-state index contributed by atoms with van der Waals surface area (Å²) < 4.78 is 5.43. The van der Waals surface area contributed by atoms with Crippen molar-refractivity contribution < 1.29 is 19.7 Å². The highest BCUT2D eigenvalue weighted by atomic mass is 16.5. The zero-order valence-corrected chi connectivity index (χ0v) is 9.52. The molecule has 0 atom stereocenters. The number of aliphatic hydroxyl groups excluding tert-OH is 1. The third-order valence-corrected chi connectivity index (χ3v) is 2.97. The highest BCUT2D eigenvalue weighted by molar-refractivity contribution is 5.64. The second-order valence-electron chi connectivity index (χ2n) is 4.32. The van der Waals surface area contributed by atoms with Gasteiger partial charge < -0.3 is 20.3 Å². The van der Waals surface area contributed by atoms with Crippen LogP contribution in [0.4, 0.5) is 4.79 Å². The van der Waals surface area contributed by atoms with Gasteiger partial charge in [-0.05, 0) is 38.0 Å². The fraction of sp³-hybridized carbons (Fsp3) is 0.909. The van der Waals surface area contributed by atoms with Crippen LogP contribution in [0.3, 0.4) is 0 Å². The summed E-state index contributed by atoms with van der Waals surface area (Å²) in [7, 11) is 0. The third kappa shape index (κ3) is 5.32. The van der Waals surface area contributed by atoms with E-state index in [0.717, 1.165) is 32.3 Å². The number of ether oxygens (including phenoxy) is 1. The summed E-state index contributed by atoms with van der Waals surface area (Å²) >= 11 is 0. The van der Waals surface area contributed by atoms with Crippen molar-refractivity contribution in [2.24, 2.45) is 5.92 Å². The number of aliphatic hydroxyl groups is 1. The van der Waals surface area contributed by atoms with Crippen LogP contribution < -0.4 is 5.32 Å². The normalized spacial score (nSPS) is 25.3.